The standard InChI is InChI=1S/C35H48O6/c1-8-11-12-17-25-20-21-28-29(22-25)33(41-31(16-10-3)35(37)39-24(6)7)27-19-14-13-18-26(27)32(28)40-30(15-9-2)34(36)38-23(4)5/h13-14,18-24,30-31H,8-12,15-17H2,1-7H3. The van der Waals surface area contributed by atoms with Crippen LogP contribution in [-0.4, -0.2) is 36.4 Å². The highest BCUT2D eigenvalue weighted by molar-refractivity contribution is 6.11. The number of rotatable bonds is 16. The maximum Gasteiger partial charge on any atom is 0.347 e. The number of ether oxygens (including phenoxy) is 4. The van der Waals surface area contributed by atoms with Crippen LogP contribution in [0.1, 0.15) is 99.0 Å². The Kier molecular flexibility index (Phi) is 12.3. The van der Waals surface area contributed by atoms with Crippen molar-refractivity contribution in [1.82, 2.24) is 0 Å². The molecule has 6 nitrogen and oxygen atoms in total. The van der Waals surface area contributed by atoms with E-state index in [0.29, 0.717) is 24.3 Å². The van der Waals surface area contributed by atoms with Gasteiger partial charge in [-0.05, 0) is 65.0 Å². The molecule has 0 radical (unpaired) electrons. The summed E-state index contributed by atoms with van der Waals surface area (Å²) in [5, 5.41) is 3.34. The quantitative estimate of drug-likeness (QED) is 0.0984. The lowest BCUT2D eigenvalue weighted by molar-refractivity contribution is -0.157. The maximum atomic E-state index is 13.1. The number of carbonyl (C=O) groups is 2. The molecule has 3 aromatic carbocycles. The molecule has 0 aliphatic heterocycles. The second-order valence-corrected chi connectivity index (χ2v) is 11.3. The van der Waals surface area contributed by atoms with Gasteiger partial charge in [-0.2, -0.15) is 0 Å². The van der Waals surface area contributed by atoms with Crippen molar-refractivity contribution in [2.45, 2.75) is 124 Å². The SMILES string of the molecule is CCCCCc1ccc2c(OC(CCC)C(=O)OC(C)C)c3ccccc3c(OC(CCC)C(=O)OC(C)C)c2c1. The van der Waals surface area contributed by atoms with Crippen LogP contribution >= 0.6 is 0 Å². The molecule has 3 aromatic rings. The van der Waals surface area contributed by atoms with Crippen molar-refractivity contribution in [3.8, 4) is 11.5 Å². The van der Waals surface area contributed by atoms with Gasteiger partial charge >= 0.3 is 11.9 Å². The summed E-state index contributed by atoms with van der Waals surface area (Å²) in [6.45, 7) is 13.6. The third kappa shape index (κ3) is 8.61. The summed E-state index contributed by atoms with van der Waals surface area (Å²) in [7, 11) is 0. The highest BCUT2D eigenvalue weighted by atomic mass is 16.6. The molecule has 0 aliphatic rings. The van der Waals surface area contributed by atoms with Crippen molar-refractivity contribution in [3.63, 3.8) is 0 Å². The van der Waals surface area contributed by atoms with Gasteiger partial charge in [0.15, 0.2) is 12.2 Å². The molecule has 0 spiro atoms. The molecule has 0 N–H and O–H groups in total. The van der Waals surface area contributed by atoms with Crippen LogP contribution < -0.4 is 9.47 Å². The number of hydrogen-bond donors (Lipinski definition) is 0. The van der Waals surface area contributed by atoms with Gasteiger partial charge in [0.05, 0.1) is 12.2 Å². The van der Waals surface area contributed by atoms with Crippen LogP contribution in [0.3, 0.4) is 0 Å². The number of benzene rings is 3. The number of unbranched alkanes of at least 4 members (excludes halogenated alkanes) is 2. The van der Waals surface area contributed by atoms with E-state index >= 15 is 0 Å². The number of esters is 2. The Morgan fingerprint density at radius 1 is 0.634 bits per heavy atom. The molecule has 3 rings (SSSR count). The van der Waals surface area contributed by atoms with Gasteiger partial charge in [0.25, 0.3) is 0 Å². The van der Waals surface area contributed by atoms with Crippen molar-refractivity contribution in [2.24, 2.45) is 0 Å². The Hall–Kier alpha value is -3.28. The molecule has 0 amide bonds. The molecule has 0 aliphatic carbocycles. The predicted molar refractivity (Wildman–Crippen MR) is 166 cm³/mol. The van der Waals surface area contributed by atoms with Gasteiger partial charge in [-0.15, -0.1) is 0 Å². The normalized spacial score (nSPS) is 13.0. The lowest BCUT2D eigenvalue weighted by Crippen LogP contribution is -2.32. The van der Waals surface area contributed by atoms with Crippen molar-refractivity contribution >= 4 is 33.5 Å². The van der Waals surface area contributed by atoms with Gasteiger partial charge in [0, 0.05) is 21.5 Å². The summed E-state index contributed by atoms with van der Waals surface area (Å²) in [5.74, 6) is 0.531. The van der Waals surface area contributed by atoms with Crippen molar-refractivity contribution in [2.75, 3.05) is 0 Å². The van der Waals surface area contributed by atoms with E-state index in [4.69, 9.17) is 18.9 Å². The first kappa shape index (κ1) is 32.2. The van der Waals surface area contributed by atoms with Gasteiger partial charge < -0.3 is 18.9 Å². The number of carbonyl (C=O) groups excluding carboxylic acids is 2. The first-order valence-corrected chi connectivity index (χ1v) is 15.4. The number of aryl methyl sites for hydroxylation is 1. The molecular weight excluding hydrogens is 516 g/mol. The molecule has 2 unspecified atom stereocenters. The molecule has 41 heavy (non-hydrogen) atoms. The maximum absolute atomic E-state index is 13.1. The van der Waals surface area contributed by atoms with Gasteiger partial charge in [-0.25, -0.2) is 9.59 Å². The zero-order valence-electron chi connectivity index (χ0n) is 26.0. The van der Waals surface area contributed by atoms with E-state index in [1.807, 2.05) is 65.8 Å². The first-order valence-electron chi connectivity index (χ1n) is 15.4. The Bertz CT molecular complexity index is 1290. The van der Waals surface area contributed by atoms with Crippen molar-refractivity contribution in [1.29, 1.82) is 0 Å². The van der Waals surface area contributed by atoms with Crippen LogP contribution in [0.15, 0.2) is 42.5 Å². The molecular formula is C35H48O6. The third-order valence-electron chi connectivity index (χ3n) is 6.91. The lowest BCUT2D eigenvalue weighted by Gasteiger charge is -2.25. The Labute approximate surface area is 245 Å². The highest BCUT2D eigenvalue weighted by Gasteiger charge is 2.28. The van der Waals surface area contributed by atoms with Gasteiger partial charge in [-0.3, -0.25) is 0 Å². The average Bonchev–Trinajstić information content (AvgIpc) is 2.93. The minimum absolute atomic E-state index is 0.235. The summed E-state index contributed by atoms with van der Waals surface area (Å²) in [5.41, 5.74) is 1.19. The van der Waals surface area contributed by atoms with E-state index < -0.39 is 12.2 Å². The lowest BCUT2D eigenvalue weighted by atomic mass is 9.96. The van der Waals surface area contributed by atoms with Crippen LogP contribution in [0.4, 0.5) is 0 Å². The van der Waals surface area contributed by atoms with Crippen molar-refractivity contribution in [3.05, 3.63) is 48.0 Å². The monoisotopic (exact) mass is 564 g/mol. The fraction of sp³-hybridized carbons (Fsp3) is 0.543. The van der Waals surface area contributed by atoms with Crippen LogP contribution in [0.2, 0.25) is 0 Å². The summed E-state index contributed by atoms with van der Waals surface area (Å²) in [6.07, 6.45) is 5.01. The van der Waals surface area contributed by atoms with E-state index in [2.05, 4.69) is 25.1 Å². The average molecular weight is 565 g/mol. The summed E-state index contributed by atoms with van der Waals surface area (Å²) >= 11 is 0. The molecule has 0 saturated carbocycles. The van der Waals surface area contributed by atoms with Crippen LogP contribution in [0.25, 0.3) is 21.5 Å². The highest BCUT2D eigenvalue weighted by Crippen LogP contribution is 2.44. The molecule has 0 heterocycles. The number of fused-ring (bicyclic) bond motifs is 2. The van der Waals surface area contributed by atoms with Gasteiger partial charge in [0.2, 0.25) is 0 Å². The van der Waals surface area contributed by atoms with E-state index in [9.17, 15) is 9.59 Å². The van der Waals surface area contributed by atoms with E-state index in [0.717, 1.165) is 60.1 Å². The van der Waals surface area contributed by atoms with Crippen LogP contribution in [0, 0.1) is 0 Å². The van der Waals surface area contributed by atoms with Gasteiger partial charge in [-0.1, -0.05) is 82.9 Å². The summed E-state index contributed by atoms with van der Waals surface area (Å²) < 4.78 is 24.3. The second kappa shape index (κ2) is 15.6. The Morgan fingerprint density at radius 2 is 1.12 bits per heavy atom. The molecule has 2 atom stereocenters. The Morgan fingerprint density at radius 3 is 1.59 bits per heavy atom. The van der Waals surface area contributed by atoms with Crippen LogP contribution in [-0.2, 0) is 25.5 Å². The molecule has 224 valence electrons. The smallest absolute Gasteiger partial charge is 0.347 e. The summed E-state index contributed by atoms with van der Waals surface area (Å²) in [6, 6.07) is 14.2. The summed E-state index contributed by atoms with van der Waals surface area (Å²) in [4.78, 5) is 26.1. The van der Waals surface area contributed by atoms with Gasteiger partial charge in [0.1, 0.15) is 11.5 Å². The molecule has 6 heteroatoms. The van der Waals surface area contributed by atoms with Crippen LogP contribution in [0.5, 0.6) is 11.5 Å². The topological polar surface area (TPSA) is 71.1 Å². The fourth-order valence-electron chi connectivity index (χ4n) is 5.01. The van der Waals surface area contributed by atoms with Crippen molar-refractivity contribution < 1.29 is 28.5 Å². The Balaban J connectivity index is 2.24. The first-order chi connectivity index (χ1) is 19.7. The molecule has 0 fully saturated rings. The minimum atomic E-state index is -0.738. The zero-order valence-corrected chi connectivity index (χ0v) is 26.0. The second-order valence-electron chi connectivity index (χ2n) is 11.3. The molecule has 0 saturated heterocycles. The van der Waals surface area contributed by atoms with E-state index in [-0.39, 0.29) is 24.1 Å². The molecule has 0 bridgehead atoms. The number of hydrogen-bond acceptors (Lipinski definition) is 6. The largest absolute Gasteiger partial charge is 0.477 e. The van der Waals surface area contributed by atoms with E-state index in [1.54, 1.807) is 0 Å². The molecule has 0 aromatic heterocycles. The van der Waals surface area contributed by atoms with E-state index in [1.165, 1.54) is 5.56 Å². The predicted octanol–water partition coefficient (Wildman–Crippen LogP) is 8.72. The minimum Gasteiger partial charge on any atom is -0.477 e. The fourth-order valence-corrected chi connectivity index (χ4v) is 5.01. The third-order valence-corrected chi connectivity index (χ3v) is 6.91. The zero-order chi connectivity index (χ0) is 29.9.